The van der Waals surface area contributed by atoms with E-state index in [0.29, 0.717) is 17.0 Å². The summed E-state index contributed by atoms with van der Waals surface area (Å²) in [7, 11) is 1.73. The Balaban J connectivity index is 0.000000980. The number of aromatic nitrogens is 2. The summed E-state index contributed by atoms with van der Waals surface area (Å²) in [5.41, 5.74) is 2.23. The number of hydrogen-bond donors (Lipinski definition) is 2. The van der Waals surface area contributed by atoms with E-state index in [4.69, 9.17) is 4.74 Å². The molecule has 1 aliphatic heterocycles. The van der Waals surface area contributed by atoms with Gasteiger partial charge in [0.15, 0.2) is 11.4 Å². The molecular formula is C18H19N3O3. The maximum absolute atomic E-state index is 12.3. The molecule has 6 heteroatoms. The fraction of sp³-hybridized carbons (Fsp3) is 0.222. The third kappa shape index (κ3) is 1.65. The highest BCUT2D eigenvalue weighted by atomic mass is 16.5. The number of amides is 1. The molecule has 0 radical (unpaired) electrons. The Morgan fingerprint density at radius 2 is 2.04 bits per heavy atom. The molecule has 1 saturated carbocycles. The lowest BCUT2D eigenvalue weighted by Gasteiger charge is -2.27. The largest absolute Gasteiger partial charge is 0.475 e. The summed E-state index contributed by atoms with van der Waals surface area (Å²) in [6, 6.07) is 7.56. The smallest absolute Gasteiger partial charge is 0.274 e. The number of carbonyl (C=O) groups excluding carboxylic acids is 1. The van der Waals surface area contributed by atoms with Crippen LogP contribution in [0.3, 0.4) is 0 Å². The van der Waals surface area contributed by atoms with Gasteiger partial charge >= 0.3 is 0 Å². The second-order valence-electron chi connectivity index (χ2n) is 6.46. The number of pyridine rings is 1. The van der Waals surface area contributed by atoms with Gasteiger partial charge in [-0.05, 0) is 12.1 Å². The van der Waals surface area contributed by atoms with Crippen LogP contribution < -0.4 is 15.6 Å². The van der Waals surface area contributed by atoms with Crippen LogP contribution in [0.1, 0.15) is 15.7 Å². The minimum absolute atomic E-state index is 0. The number of rotatable bonds is 1. The summed E-state index contributed by atoms with van der Waals surface area (Å²) < 4.78 is 7.67. The molecule has 3 aromatic rings. The first-order chi connectivity index (χ1) is 11.6. The molecular weight excluding hydrogens is 306 g/mol. The fourth-order valence-corrected chi connectivity index (χ4v) is 3.36. The first kappa shape index (κ1) is 13.4. The van der Waals surface area contributed by atoms with Crippen molar-refractivity contribution in [2.75, 3.05) is 5.32 Å². The van der Waals surface area contributed by atoms with Crippen molar-refractivity contribution in [1.29, 1.82) is 0 Å². The quantitative estimate of drug-likeness (QED) is 0.722. The van der Waals surface area contributed by atoms with Gasteiger partial charge in [-0.3, -0.25) is 9.59 Å². The monoisotopic (exact) mass is 325 g/mol. The first-order valence-electron chi connectivity index (χ1n) is 7.90. The highest BCUT2D eigenvalue weighted by Crippen LogP contribution is 2.50. The van der Waals surface area contributed by atoms with E-state index < -0.39 is 5.60 Å². The third-order valence-corrected chi connectivity index (χ3v) is 4.86. The van der Waals surface area contributed by atoms with Gasteiger partial charge < -0.3 is 19.6 Å². The summed E-state index contributed by atoms with van der Waals surface area (Å²) in [6.07, 6.45) is 5.04. The van der Waals surface area contributed by atoms with Crippen LogP contribution in [0, 0.1) is 0 Å². The van der Waals surface area contributed by atoms with Crippen molar-refractivity contribution < 1.29 is 12.4 Å². The average molecular weight is 325 g/mol. The van der Waals surface area contributed by atoms with Crippen LogP contribution in [0.2, 0.25) is 0 Å². The molecule has 1 fully saturated rings. The molecule has 0 bridgehead atoms. The van der Waals surface area contributed by atoms with Crippen molar-refractivity contribution in [2.45, 2.75) is 18.4 Å². The van der Waals surface area contributed by atoms with Crippen molar-refractivity contribution in [3.8, 4) is 16.9 Å². The molecule has 1 aromatic carbocycles. The van der Waals surface area contributed by atoms with E-state index in [1.807, 2.05) is 30.5 Å². The third-order valence-electron chi connectivity index (χ3n) is 4.86. The number of ether oxygens (including phenoxy) is 1. The Morgan fingerprint density at radius 3 is 2.83 bits per heavy atom. The fourth-order valence-electron chi connectivity index (χ4n) is 3.36. The van der Waals surface area contributed by atoms with E-state index in [9.17, 15) is 9.59 Å². The van der Waals surface area contributed by atoms with Crippen LogP contribution in [0.5, 0.6) is 5.75 Å². The first-order valence-corrected chi connectivity index (χ1v) is 7.90. The van der Waals surface area contributed by atoms with Crippen molar-refractivity contribution in [2.24, 2.45) is 7.05 Å². The van der Waals surface area contributed by atoms with Crippen molar-refractivity contribution in [3.63, 3.8) is 0 Å². The maximum Gasteiger partial charge on any atom is 0.274 e. The number of fused-ring (bicyclic) bond motifs is 2. The Bertz CT molecular complexity index is 1080. The Kier molecular flexibility index (Phi) is 2.40. The summed E-state index contributed by atoms with van der Waals surface area (Å²) >= 11 is 0. The number of hydrogen-bond acceptors (Lipinski definition) is 3. The van der Waals surface area contributed by atoms with E-state index >= 15 is 0 Å². The van der Waals surface area contributed by atoms with Gasteiger partial charge in [-0.25, -0.2) is 0 Å². The second kappa shape index (κ2) is 4.29. The van der Waals surface area contributed by atoms with E-state index in [-0.39, 0.29) is 14.3 Å². The molecule has 0 saturated heterocycles. The van der Waals surface area contributed by atoms with Crippen LogP contribution in [-0.2, 0) is 11.8 Å². The predicted octanol–water partition coefficient (Wildman–Crippen LogP) is 2.89. The van der Waals surface area contributed by atoms with Crippen LogP contribution in [0.15, 0.2) is 41.5 Å². The molecule has 1 aliphatic carbocycles. The molecule has 2 aromatic heterocycles. The number of nitrogens with one attached hydrogen (secondary N) is 2. The zero-order valence-corrected chi connectivity index (χ0v) is 13.1. The van der Waals surface area contributed by atoms with Gasteiger partial charge in [0, 0.05) is 51.6 Å². The van der Waals surface area contributed by atoms with Gasteiger partial charge in [-0.15, -0.1) is 0 Å². The lowest BCUT2D eigenvalue weighted by atomic mass is 10.0. The van der Waals surface area contributed by atoms with Gasteiger partial charge in [-0.1, -0.05) is 12.1 Å². The summed E-state index contributed by atoms with van der Waals surface area (Å²) in [5.74, 6) is 0.607. The van der Waals surface area contributed by atoms with Gasteiger partial charge in [0.2, 0.25) is 0 Å². The van der Waals surface area contributed by atoms with Gasteiger partial charge in [0.25, 0.3) is 11.5 Å². The standard InChI is InChI=1S/C18H15N3O3.2H2/c1-21-9-12(10-5-8-19-14(10)16(21)22)11-3-2-4-13-15(11)24-18(6-7-18)17(23)20-13;;/h2-5,8-9,19H,6-7H2,1H3,(H,20,23);2*1H. The van der Waals surface area contributed by atoms with Crippen LogP contribution in [0.25, 0.3) is 22.0 Å². The number of anilines is 1. The number of aromatic amines is 1. The van der Waals surface area contributed by atoms with E-state index in [2.05, 4.69) is 10.3 Å². The molecule has 6 nitrogen and oxygen atoms in total. The minimum Gasteiger partial charge on any atom is -0.475 e. The molecule has 1 amide bonds. The zero-order valence-electron chi connectivity index (χ0n) is 13.1. The lowest BCUT2D eigenvalue weighted by Crippen LogP contribution is -2.39. The van der Waals surface area contributed by atoms with Gasteiger partial charge in [0.05, 0.1) is 5.69 Å². The highest BCUT2D eigenvalue weighted by molar-refractivity contribution is 6.05. The Morgan fingerprint density at radius 1 is 1.21 bits per heavy atom. The SMILES string of the molecule is Cn1cc(-c2cccc3c2OC2(CC2)C(=O)N3)c2cc[nH]c2c1=O.[HH].[HH]. The number of benzene rings is 1. The maximum atomic E-state index is 12.3. The molecule has 3 heterocycles. The topological polar surface area (TPSA) is 76.1 Å². The highest BCUT2D eigenvalue weighted by Gasteiger charge is 2.55. The van der Waals surface area contributed by atoms with Crippen molar-refractivity contribution in [3.05, 3.63) is 47.0 Å². The van der Waals surface area contributed by atoms with Gasteiger partial charge in [0.1, 0.15) is 5.52 Å². The number of carbonyl (C=O) groups is 1. The second-order valence-corrected chi connectivity index (χ2v) is 6.46. The lowest BCUT2D eigenvalue weighted by molar-refractivity contribution is -0.125. The molecule has 2 aliphatic rings. The number of H-pyrrole nitrogens is 1. The molecule has 2 N–H and O–H groups in total. The molecule has 0 atom stereocenters. The average Bonchev–Trinajstić information content (AvgIpc) is 3.17. The Hall–Kier alpha value is -3.02. The summed E-state index contributed by atoms with van der Waals surface area (Å²) in [6.45, 7) is 0. The molecule has 24 heavy (non-hydrogen) atoms. The number of aryl methyl sites for hydroxylation is 1. The van der Waals surface area contributed by atoms with Crippen LogP contribution in [-0.4, -0.2) is 21.1 Å². The number of para-hydroxylation sites is 1. The van der Waals surface area contributed by atoms with E-state index in [0.717, 1.165) is 29.4 Å². The molecule has 124 valence electrons. The zero-order chi connectivity index (χ0) is 16.5. The predicted molar refractivity (Wildman–Crippen MR) is 94.4 cm³/mol. The van der Waals surface area contributed by atoms with Crippen LogP contribution in [0.4, 0.5) is 5.69 Å². The Labute approximate surface area is 140 Å². The summed E-state index contributed by atoms with van der Waals surface area (Å²) in [5, 5.41) is 3.79. The molecule has 1 spiro atoms. The van der Waals surface area contributed by atoms with Crippen LogP contribution >= 0.6 is 0 Å². The number of nitrogens with zero attached hydrogens (tertiary/aromatic N) is 1. The summed E-state index contributed by atoms with van der Waals surface area (Å²) in [4.78, 5) is 27.4. The van der Waals surface area contributed by atoms with Crippen molar-refractivity contribution in [1.82, 2.24) is 9.55 Å². The normalized spacial score (nSPS) is 17.5. The van der Waals surface area contributed by atoms with E-state index in [1.54, 1.807) is 17.8 Å². The van der Waals surface area contributed by atoms with Crippen molar-refractivity contribution >= 4 is 22.5 Å². The minimum atomic E-state index is -0.707. The molecule has 5 rings (SSSR count). The van der Waals surface area contributed by atoms with E-state index in [1.165, 1.54) is 0 Å². The van der Waals surface area contributed by atoms with Gasteiger partial charge in [-0.2, -0.15) is 0 Å². The molecule has 0 unspecified atom stereocenters.